The molecule has 310 valence electrons. The van der Waals surface area contributed by atoms with Crippen LogP contribution in [0.25, 0.3) is 0 Å². The van der Waals surface area contributed by atoms with Gasteiger partial charge in [0.05, 0.1) is 85.0 Å². The van der Waals surface area contributed by atoms with Crippen LogP contribution < -0.4 is 19.7 Å². The van der Waals surface area contributed by atoms with Crippen molar-refractivity contribution in [3.8, 4) is 17.2 Å². The Labute approximate surface area is 380 Å². The molecule has 0 aliphatic rings. The molecule has 4 aromatic carbocycles. The highest BCUT2D eigenvalue weighted by Gasteiger charge is 2.57. The summed E-state index contributed by atoms with van der Waals surface area (Å²) in [6, 6.07) is 9.73. The van der Waals surface area contributed by atoms with Gasteiger partial charge in [0.15, 0.2) is 0 Å². The van der Waals surface area contributed by atoms with Crippen LogP contribution in [0.15, 0.2) is 48.5 Å². The molecular weight excluding hydrogens is 843 g/mol. The van der Waals surface area contributed by atoms with E-state index in [1.165, 1.54) is 36.4 Å². The van der Waals surface area contributed by atoms with Crippen molar-refractivity contribution >= 4 is 110 Å². The Morgan fingerprint density at radius 2 is 0.812 bits per heavy atom. The van der Waals surface area contributed by atoms with Crippen LogP contribution >= 0.6 is 0 Å². The molecule has 4 aromatic rings. The largest absolute Gasteiger partial charge is 0.445 e. The van der Waals surface area contributed by atoms with Crippen LogP contribution in [0.3, 0.4) is 0 Å². The second kappa shape index (κ2) is 21.4. The maximum absolute atomic E-state index is 14.5. The molecular formula is C40H30B9F3O11S. The molecule has 1 atom stereocenters. The smallest absolute Gasteiger partial charge is 0.429 e. The first-order chi connectivity index (χ1) is 30.0. The quantitative estimate of drug-likeness (QED) is 0.0674. The standard InChI is InChI=1S/C40H30B9F3O11S/c1-39(40(50,51)52,18-64(57,58)59)63-38(56)30-9-28(36(54)61-33-24(15-46)4-20(11-42)5-25(33)16-47)27(35(53)60-32-22(13-44)2-19(10-41)3-23(32)14-45)8-29(30)37(55)62-34-26(17-48)6-21(12-43)7-31(34)49/h2-9H,10-18H2,1H3,(H,57,58,59). The molecule has 4 rings (SSSR count). The molecule has 18 radical (unpaired) electrons. The van der Waals surface area contributed by atoms with Crippen molar-refractivity contribution in [3.05, 3.63) is 115 Å². The van der Waals surface area contributed by atoms with Crippen LogP contribution in [0.2, 0.25) is 0 Å². The highest BCUT2D eigenvalue weighted by atomic mass is 32.2. The molecule has 11 nitrogen and oxygen atoms in total. The number of hydrogen-bond acceptors (Lipinski definition) is 10. The predicted molar refractivity (Wildman–Crippen MR) is 238 cm³/mol. The minimum absolute atomic E-state index is 0.0130. The zero-order valence-electron chi connectivity index (χ0n) is 34.3. The summed E-state index contributed by atoms with van der Waals surface area (Å²) in [5.74, 6) is -9.67. The Kier molecular flexibility index (Phi) is 17.2. The Bertz CT molecular complexity index is 2530. The number of ether oxygens (including phenoxy) is 4. The number of halogens is 3. The fourth-order valence-corrected chi connectivity index (χ4v) is 7.35. The van der Waals surface area contributed by atoms with E-state index >= 15 is 0 Å². The van der Waals surface area contributed by atoms with Gasteiger partial charge in [0, 0.05) is 0 Å². The highest BCUT2D eigenvalue weighted by molar-refractivity contribution is 7.85. The van der Waals surface area contributed by atoms with Gasteiger partial charge in [-0.05, 0) is 46.9 Å². The molecule has 0 aromatic heterocycles. The molecule has 1 N–H and O–H groups in total. The third-order valence-electron chi connectivity index (χ3n) is 9.66. The summed E-state index contributed by atoms with van der Waals surface area (Å²) < 4.78 is 98.2. The number of hydrogen-bond donors (Lipinski definition) is 1. The first kappa shape index (κ1) is 51.7. The summed E-state index contributed by atoms with van der Waals surface area (Å²) in [6.07, 6.45) is -6.98. The first-order valence-electron chi connectivity index (χ1n) is 18.9. The van der Waals surface area contributed by atoms with Gasteiger partial charge in [0.2, 0.25) is 5.60 Å². The van der Waals surface area contributed by atoms with E-state index in [9.17, 15) is 45.3 Å². The SMILES string of the molecule is [B]Cc1cc([B])c(OC(=O)c2cc(C(=O)Oc3c(C[B])cc(C[B])cc3C[B])c(C(=O)Oc3c(C[B])cc(C[B])cc3C[B])cc2C(=O)OC(C)(CS(=O)(=O)O)C(F)(F)F)c(C[B])c1. The average Bonchev–Trinajstić information content (AvgIpc) is 3.24. The van der Waals surface area contributed by atoms with Gasteiger partial charge < -0.3 is 18.9 Å². The van der Waals surface area contributed by atoms with E-state index in [1.54, 1.807) is 0 Å². The minimum atomic E-state index is -5.69. The lowest BCUT2D eigenvalue weighted by atomic mass is 9.83. The summed E-state index contributed by atoms with van der Waals surface area (Å²) in [6.45, 7) is 0.124. The van der Waals surface area contributed by atoms with E-state index < -0.39 is 79.5 Å². The number of carbonyl (C=O) groups is 4. The Morgan fingerprint density at radius 1 is 0.516 bits per heavy atom. The van der Waals surface area contributed by atoms with Crippen LogP contribution in [0, 0.1) is 0 Å². The van der Waals surface area contributed by atoms with Gasteiger partial charge >= 0.3 is 30.1 Å². The summed E-state index contributed by atoms with van der Waals surface area (Å²) in [5, 5.41) is 0. The van der Waals surface area contributed by atoms with Crippen LogP contribution in [-0.2, 0) is 65.4 Å². The fourth-order valence-electron chi connectivity index (χ4n) is 6.43. The second-order valence-electron chi connectivity index (χ2n) is 14.2. The number of alkyl halides is 3. The maximum Gasteiger partial charge on any atom is 0.429 e. The monoisotopic (exact) mass is 874 g/mol. The van der Waals surface area contributed by atoms with E-state index in [0.717, 1.165) is 0 Å². The third kappa shape index (κ3) is 11.8. The summed E-state index contributed by atoms with van der Waals surface area (Å²) in [5.41, 5.74) is -5.92. The number of carbonyl (C=O) groups excluding carboxylic acids is 4. The van der Waals surface area contributed by atoms with Crippen molar-refractivity contribution in [3.63, 3.8) is 0 Å². The van der Waals surface area contributed by atoms with E-state index in [0.29, 0.717) is 28.8 Å². The molecule has 64 heavy (non-hydrogen) atoms. The maximum atomic E-state index is 14.5. The Morgan fingerprint density at radius 3 is 1.11 bits per heavy atom. The van der Waals surface area contributed by atoms with Crippen LogP contribution in [-0.4, -0.2) is 125 Å². The Balaban J connectivity index is 2.09. The predicted octanol–water partition coefficient (Wildman–Crippen LogP) is 1.85. The van der Waals surface area contributed by atoms with Gasteiger partial charge in [-0.25, -0.2) is 19.2 Å². The van der Waals surface area contributed by atoms with Crippen LogP contribution in [0.1, 0.15) is 92.9 Å². The molecule has 0 heterocycles. The first-order valence-corrected chi connectivity index (χ1v) is 20.5. The van der Waals surface area contributed by atoms with Gasteiger partial charge in [-0.2, -0.15) is 21.6 Å². The lowest BCUT2D eigenvalue weighted by molar-refractivity contribution is -0.243. The van der Waals surface area contributed by atoms with Crippen molar-refractivity contribution in [1.82, 2.24) is 0 Å². The van der Waals surface area contributed by atoms with E-state index in [1.807, 2.05) is 0 Å². The van der Waals surface area contributed by atoms with Gasteiger partial charge in [-0.3, -0.25) is 4.55 Å². The lowest BCUT2D eigenvalue weighted by Gasteiger charge is -2.30. The molecule has 0 aliphatic heterocycles. The lowest BCUT2D eigenvalue weighted by Crippen LogP contribution is -2.51. The van der Waals surface area contributed by atoms with Crippen molar-refractivity contribution in [2.24, 2.45) is 0 Å². The van der Waals surface area contributed by atoms with E-state index in [4.69, 9.17) is 89.6 Å². The molecule has 0 spiro atoms. The van der Waals surface area contributed by atoms with Crippen LogP contribution in [0.5, 0.6) is 17.2 Å². The molecule has 0 saturated carbocycles. The number of esters is 4. The van der Waals surface area contributed by atoms with Gasteiger partial charge in [0.1, 0.15) is 30.8 Å². The van der Waals surface area contributed by atoms with Crippen molar-refractivity contribution in [1.29, 1.82) is 0 Å². The topological polar surface area (TPSA) is 160 Å². The average molecular weight is 873 g/mol. The fraction of sp³-hybridized carbons (Fsp3) is 0.300. The Hall–Kier alpha value is -4.96. The molecule has 0 fully saturated rings. The summed E-state index contributed by atoms with van der Waals surface area (Å²) >= 11 is 0. The van der Waals surface area contributed by atoms with Crippen molar-refractivity contribution in [2.45, 2.75) is 69.3 Å². The van der Waals surface area contributed by atoms with Gasteiger partial charge in [0.25, 0.3) is 10.1 Å². The molecule has 1 unspecified atom stereocenters. The molecule has 24 heteroatoms. The minimum Gasteiger partial charge on any atom is -0.445 e. The third-order valence-corrected chi connectivity index (χ3v) is 10.6. The molecule has 0 saturated heterocycles. The normalized spacial score (nSPS) is 12.5. The number of rotatable bonds is 18. The van der Waals surface area contributed by atoms with Crippen molar-refractivity contribution < 1.29 is 64.3 Å². The van der Waals surface area contributed by atoms with Crippen LogP contribution in [0.4, 0.5) is 13.2 Å². The zero-order valence-corrected chi connectivity index (χ0v) is 35.1. The van der Waals surface area contributed by atoms with E-state index in [2.05, 4.69) is 0 Å². The van der Waals surface area contributed by atoms with Gasteiger partial charge in [-0.1, -0.05) is 109 Å². The van der Waals surface area contributed by atoms with Gasteiger partial charge in [-0.15, -0.1) is 0 Å². The summed E-state index contributed by atoms with van der Waals surface area (Å²) in [4.78, 5) is 57.1. The number of benzene rings is 4. The summed E-state index contributed by atoms with van der Waals surface area (Å²) in [7, 11) is 47.7. The highest BCUT2D eigenvalue weighted by Crippen LogP contribution is 2.37. The molecule has 0 aliphatic carbocycles. The zero-order chi connectivity index (χ0) is 47.9. The van der Waals surface area contributed by atoms with E-state index in [-0.39, 0.29) is 102 Å². The molecule has 0 bridgehead atoms. The van der Waals surface area contributed by atoms with Crippen molar-refractivity contribution in [2.75, 3.05) is 5.75 Å². The molecule has 0 amide bonds. The second-order valence-corrected chi connectivity index (χ2v) is 15.7.